The molecule has 1 aliphatic rings. The SMILES string of the molecule is O=C(Cc1ccc(Cl)cc1)N1CCN(Cc2nncn2-c2ccccc2F)CC1. The van der Waals surface area contributed by atoms with Crippen molar-refractivity contribution in [1.82, 2.24) is 24.6 Å². The van der Waals surface area contributed by atoms with Gasteiger partial charge in [-0.3, -0.25) is 14.3 Å². The van der Waals surface area contributed by atoms with Crippen molar-refractivity contribution in [3.63, 3.8) is 0 Å². The molecule has 2 aromatic carbocycles. The lowest BCUT2D eigenvalue weighted by Gasteiger charge is -2.34. The molecule has 1 amide bonds. The highest BCUT2D eigenvalue weighted by molar-refractivity contribution is 6.30. The van der Waals surface area contributed by atoms with E-state index in [9.17, 15) is 9.18 Å². The summed E-state index contributed by atoms with van der Waals surface area (Å²) in [5.41, 5.74) is 1.39. The lowest BCUT2D eigenvalue weighted by atomic mass is 10.1. The summed E-state index contributed by atoms with van der Waals surface area (Å²) in [7, 11) is 0. The average molecular weight is 414 g/mol. The standard InChI is InChI=1S/C21H21ClFN5O/c22-17-7-5-16(6-8-17)13-21(29)27-11-9-26(10-12-27)14-20-25-24-15-28(20)19-4-2-1-3-18(19)23/h1-8,15H,9-14H2. The maximum Gasteiger partial charge on any atom is 0.227 e. The minimum absolute atomic E-state index is 0.112. The first-order valence-corrected chi connectivity index (χ1v) is 9.86. The monoisotopic (exact) mass is 413 g/mol. The van der Waals surface area contributed by atoms with Crippen molar-refractivity contribution in [2.75, 3.05) is 26.2 Å². The molecule has 2 heterocycles. The molecule has 0 saturated carbocycles. The number of benzene rings is 2. The Bertz CT molecular complexity index is 983. The molecule has 1 saturated heterocycles. The number of rotatable bonds is 5. The summed E-state index contributed by atoms with van der Waals surface area (Å²) in [4.78, 5) is 16.6. The van der Waals surface area contributed by atoms with Gasteiger partial charge in [-0.1, -0.05) is 35.9 Å². The Hall–Kier alpha value is -2.77. The van der Waals surface area contributed by atoms with Crippen molar-refractivity contribution >= 4 is 17.5 Å². The Morgan fingerprint density at radius 1 is 1.03 bits per heavy atom. The van der Waals surface area contributed by atoms with E-state index in [4.69, 9.17) is 11.6 Å². The number of amides is 1. The number of carbonyl (C=O) groups is 1. The summed E-state index contributed by atoms with van der Waals surface area (Å²) < 4.78 is 15.8. The van der Waals surface area contributed by atoms with Gasteiger partial charge < -0.3 is 4.90 Å². The number of aromatic nitrogens is 3. The Labute approximate surface area is 173 Å². The van der Waals surface area contributed by atoms with Crippen molar-refractivity contribution in [1.29, 1.82) is 0 Å². The zero-order valence-electron chi connectivity index (χ0n) is 15.8. The fourth-order valence-corrected chi connectivity index (χ4v) is 3.59. The average Bonchev–Trinajstić information content (AvgIpc) is 3.18. The quantitative estimate of drug-likeness (QED) is 0.645. The van der Waals surface area contributed by atoms with Gasteiger partial charge in [0.15, 0.2) is 5.82 Å². The van der Waals surface area contributed by atoms with Gasteiger partial charge in [-0.05, 0) is 29.8 Å². The molecule has 1 fully saturated rings. The van der Waals surface area contributed by atoms with Crippen molar-refractivity contribution in [3.8, 4) is 5.69 Å². The molecule has 4 rings (SSSR count). The van der Waals surface area contributed by atoms with Crippen LogP contribution in [0.1, 0.15) is 11.4 Å². The Morgan fingerprint density at radius 2 is 1.76 bits per heavy atom. The van der Waals surface area contributed by atoms with Gasteiger partial charge in [-0.2, -0.15) is 0 Å². The minimum atomic E-state index is -0.314. The molecular formula is C21H21ClFN5O. The van der Waals surface area contributed by atoms with E-state index in [1.807, 2.05) is 17.0 Å². The zero-order valence-corrected chi connectivity index (χ0v) is 16.6. The molecule has 1 aliphatic heterocycles. The van der Waals surface area contributed by atoms with Crippen LogP contribution in [0.5, 0.6) is 0 Å². The molecule has 1 aromatic heterocycles. The first-order valence-electron chi connectivity index (χ1n) is 9.48. The molecule has 3 aromatic rings. The number of para-hydroxylation sites is 1. The highest BCUT2D eigenvalue weighted by atomic mass is 35.5. The number of carbonyl (C=O) groups excluding carboxylic acids is 1. The molecule has 0 unspecified atom stereocenters. The number of halogens is 2. The third-order valence-corrected chi connectivity index (χ3v) is 5.34. The van der Waals surface area contributed by atoms with E-state index in [2.05, 4.69) is 15.1 Å². The summed E-state index contributed by atoms with van der Waals surface area (Å²) in [6.07, 6.45) is 1.90. The maximum absolute atomic E-state index is 14.1. The van der Waals surface area contributed by atoms with Crippen molar-refractivity contribution in [2.45, 2.75) is 13.0 Å². The van der Waals surface area contributed by atoms with Gasteiger partial charge in [0, 0.05) is 31.2 Å². The van der Waals surface area contributed by atoms with Gasteiger partial charge in [-0.25, -0.2) is 4.39 Å². The first kappa shape index (κ1) is 19.5. The molecule has 0 spiro atoms. The summed E-state index contributed by atoms with van der Waals surface area (Å²) in [5, 5.41) is 8.77. The normalized spacial score (nSPS) is 14.9. The van der Waals surface area contributed by atoms with Gasteiger partial charge >= 0.3 is 0 Å². The smallest absolute Gasteiger partial charge is 0.227 e. The second-order valence-corrected chi connectivity index (χ2v) is 7.47. The number of piperazine rings is 1. The van der Waals surface area contributed by atoms with Gasteiger partial charge in [-0.15, -0.1) is 10.2 Å². The van der Waals surface area contributed by atoms with Crippen LogP contribution in [0.2, 0.25) is 5.02 Å². The third kappa shape index (κ3) is 4.63. The van der Waals surface area contributed by atoms with E-state index in [1.54, 1.807) is 34.9 Å². The molecule has 6 nitrogen and oxygen atoms in total. The number of hydrogen-bond donors (Lipinski definition) is 0. The van der Waals surface area contributed by atoms with E-state index in [1.165, 1.54) is 12.4 Å². The van der Waals surface area contributed by atoms with Crippen LogP contribution in [0.15, 0.2) is 54.9 Å². The molecule has 0 aliphatic carbocycles. The fraction of sp³-hybridized carbons (Fsp3) is 0.286. The van der Waals surface area contributed by atoms with Gasteiger partial charge in [0.1, 0.15) is 12.1 Å². The summed E-state index contributed by atoms with van der Waals surface area (Å²) in [5.74, 6) is 0.476. The predicted octanol–water partition coefficient (Wildman–Crippen LogP) is 2.95. The molecule has 8 heteroatoms. The maximum atomic E-state index is 14.1. The lowest BCUT2D eigenvalue weighted by Crippen LogP contribution is -2.48. The molecule has 0 atom stereocenters. The zero-order chi connectivity index (χ0) is 20.2. The van der Waals surface area contributed by atoms with Crippen LogP contribution in [-0.2, 0) is 17.8 Å². The number of nitrogens with zero attached hydrogens (tertiary/aromatic N) is 5. The highest BCUT2D eigenvalue weighted by Crippen LogP contribution is 2.16. The third-order valence-electron chi connectivity index (χ3n) is 5.09. The van der Waals surface area contributed by atoms with Crippen LogP contribution >= 0.6 is 11.6 Å². The van der Waals surface area contributed by atoms with E-state index in [0.717, 1.165) is 18.7 Å². The fourth-order valence-electron chi connectivity index (χ4n) is 3.46. The van der Waals surface area contributed by atoms with Gasteiger partial charge in [0.25, 0.3) is 0 Å². The van der Waals surface area contributed by atoms with Crippen molar-refractivity contribution in [3.05, 3.63) is 77.1 Å². The topological polar surface area (TPSA) is 54.3 Å². The van der Waals surface area contributed by atoms with Crippen LogP contribution in [0.3, 0.4) is 0 Å². The van der Waals surface area contributed by atoms with Crippen LogP contribution in [0.25, 0.3) is 5.69 Å². The Morgan fingerprint density at radius 3 is 2.48 bits per heavy atom. The van der Waals surface area contributed by atoms with Crippen LogP contribution in [-0.4, -0.2) is 56.7 Å². The Balaban J connectivity index is 1.34. The Kier molecular flexibility index (Phi) is 5.87. The van der Waals surface area contributed by atoms with E-state index >= 15 is 0 Å². The number of hydrogen-bond acceptors (Lipinski definition) is 4. The highest BCUT2D eigenvalue weighted by Gasteiger charge is 2.23. The van der Waals surface area contributed by atoms with Crippen molar-refractivity contribution in [2.24, 2.45) is 0 Å². The van der Waals surface area contributed by atoms with Gasteiger partial charge in [0.2, 0.25) is 5.91 Å². The van der Waals surface area contributed by atoms with Crippen molar-refractivity contribution < 1.29 is 9.18 Å². The molecule has 0 bridgehead atoms. The molecule has 0 radical (unpaired) electrons. The predicted molar refractivity (Wildman–Crippen MR) is 108 cm³/mol. The van der Waals surface area contributed by atoms with E-state index in [-0.39, 0.29) is 11.7 Å². The molecular weight excluding hydrogens is 393 g/mol. The lowest BCUT2D eigenvalue weighted by molar-refractivity contribution is -0.132. The summed E-state index contributed by atoms with van der Waals surface area (Å²) in [6, 6.07) is 13.9. The summed E-state index contributed by atoms with van der Waals surface area (Å²) >= 11 is 5.90. The largest absolute Gasteiger partial charge is 0.340 e. The van der Waals surface area contributed by atoms with Crippen LogP contribution in [0.4, 0.5) is 4.39 Å². The second kappa shape index (κ2) is 8.71. The van der Waals surface area contributed by atoms with Crippen LogP contribution < -0.4 is 0 Å². The minimum Gasteiger partial charge on any atom is -0.340 e. The molecule has 29 heavy (non-hydrogen) atoms. The molecule has 150 valence electrons. The second-order valence-electron chi connectivity index (χ2n) is 7.03. The first-order chi connectivity index (χ1) is 14.1. The van der Waals surface area contributed by atoms with E-state index in [0.29, 0.717) is 42.6 Å². The van der Waals surface area contributed by atoms with Gasteiger partial charge in [0.05, 0.1) is 18.7 Å². The van der Waals surface area contributed by atoms with Crippen LogP contribution in [0, 0.1) is 5.82 Å². The summed E-state index contributed by atoms with van der Waals surface area (Å²) in [6.45, 7) is 3.32. The molecule has 0 N–H and O–H groups in total. The van der Waals surface area contributed by atoms with E-state index < -0.39 is 0 Å².